The second kappa shape index (κ2) is 3.28. The van der Waals surface area contributed by atoms with E-state index >= 15 is 0 Å². The van der Waals surface area contributed by atoms with Gasteiger partial charge in [0.1, 0.15) is 0 Å². The van der Waals surface area contributed by atoms with Gasteiger partial charge >= 0.3 is 0 Å². The van der Waals surface area contributed by atoms with E-state index in [4.69, 9.17) is 11.5 Å². The first-order valence-corrected chi connectivity index (χ1v) is 4.31. The van der Waals surface area contributed by atoms with Gasteiger partial charge in [0.15, 0.2) is 11.6 Å². The summed E-state index contributed by atoms with van der Waals surface area (Å²) < 4.78 is 0. The Kier molecular flexibility index (Phi) is 2.46. The van der Waals surface area contributed by atoms with E-state index in [1.54, 1.807) is 13.8 Å². The second-order valence-electron chi connectivity index (χ2n) is 3.62. The van der Waals surface area contributed by atoms with E-state index in [0.717, 1.165) is 0 Å². The Morgan fingerprint density at radius 2 is 2.07 bits per heavy atom. The third-order valence-electron chi connectivity index (χ3n) is 2.55. The van der Waals surface area contributed by atoms with Crippen molar-refractivity contribution in [1.29, 1.82) is 0 Å². The smallest absolute Gasteiger partial charge is 0.246 e. The number of nitrogens with two attached hydrogens (primary N) is 2. The third-order valence-corrected chi connectivity index (χ3v) is 2.55. The van der Waals surface area contributed by atoms with Crippen molar-refractivity contribution in [3.8, 4) is 0 Å². The fraction of sp³-hybridized carbons (Fsp3) is 0.625. The average molecular weight is 198 g/mol. The number of amides is 2. The minimum Gasteiger partial charge on any atom is -0.368 e. The molecule has 0 aromatic carbocycles. The topological polar surface area (TPSA) is 111 Å². The highest BCUT2D eigenvalue weighted by Gasteiger charge is 2.52. The highest BCUT2D eigenvalue weighted by atomic mass is 16.2. The minimum atomic E-state index is -1.17. The zero-order valence-corrected chi connectivity index (χ0v) is 8.15. The lowest BCUT2D eigenvalue weighted by Gasteiger charge is -2.33. The molecule has 1 heterocycles. The number of aliphatic imine (C=N–C) groups is 1. The highest BCUT2D eigenvalue weighted by Crippen LogP contribution is 2.26. The van der Waals surface area contributed by atoms with Crippen LogP contribution in [-0.2, 0) is 9.59 Å². The summed E-state index contributed by atoms with van der Waals surface area (Å²) in [6.07, 6.45) is 1.31. The molecule has 1 aliphatic heterocycles. The summed E-state index contributed by atoms with van der Waals surface area (Å²) in [4.78, 5) is 26.3. The molecule has 0 aromatic rings. The Bertz CT molecular complexity index is 300. The van der Waals surface area contributed by atoms with E-state index in [9.17, 15) is 9.59 Å². The molecule has 5 N–H and O–H groups in total. The van der Waals surface area contributed by atoms with E-state index in [2.05, 4.69) is 10.3 Å². The number of nitrogens with zero attached hydrogens (tertiary/aromatic N) is 1. The van der Waals surface area contributed by atoms with Gasteiger partial charge in [0.05, 0.1) is 6.34 Å². The molecule has 0 fully saturated rings. The number of nitrogens with one attached hydrogen (secondary N) is 1. The molecule has 78 valence electrons. The first kappa shape index (κ1) is 10.5. The van der Waals surface area contributed by atoms with E-state index in [1.165, 1.54) is 6.34 Å². The second-order valence-corrected chi connectivity index (χ2v) is 3.62. The molecular weight excluding hydrogens is 184 g/mol. The fourth-order valence-corrected chi connectivity index (χ4v) is 1.69. The summed E-state index contributed by atoms with van der Waals surface area (Å²) in [6.45, 7) is 3.56. The van der Waals surface area contributed by atoms with Gasteiger partial charge in [0.25, 0.3) is 0 Å². The molecule has 0 radical (unpaired) electrons. The Morgan fingerprint density at radius 3 is 2.36 bits per heavy atom. The third kappa shape index (κ3) is 1.23. The van der Waals surface area contributed by atoms with Crippen LogP contribution in [0.2, 0.25) is 0 Å². The zero-order valence-electron chi connectivity index (χ0n) is 8.15. The van der Waals surface area contributed by atoms with Crippen molar-refractivity contribution in [1.82, 2.24) is 5.32 Å². The molecule has 2 amide bonds. The van der Waals surface area contributed by atoms with Gasteiger partial charge in [-0.3, -0.25) is 14.6 Å². The van der Waals surface area contributed by atoms with Crippen molar-refractivity contribution < 1.29 is 9.59 Å². The van der Waals surface area contributed by atoms with E-state index in [0.29, 0.717) is 0 Å². The summed E-state index contributed by atoms with van der Waals surface area (Å²) in [5.74, 6) is -1.44. The maximum absolute atomic E-state index is 11.4. The summed E-state index contributed by atoms with van der Waals surface area (Å²) in [7, 11) is 0. The first-order valence-electron chi connectivity index (χ1n) is 4.31. The van der Waals surface area contributed by atoms with Gasteiger partial charge in [-0.05, 0) is 5.92 Å². The predicted octanol–water partition coefficient (Wildman–Crippen LogP) is -1.65. The van der Waals surface area contributed by atoms with E-state index < -0.39 is 23.4 Å². The van der Waals surface area contributed by atoms with Crippen LogP contribution in [0.3, 0.4) is 0 Å². The molecule has 1 aliphatic rings. The normalized spacial score (nSPS) is 30.4. The Hall–Kier alpha value is -1.59. The van der Waals surface area contributed by atoms with Gasteiger partial charge in [0.2, 0.25) is 11.8 Å². The molecule has 14 heavy (non-hydrogen) atoms. The van der Waals surface area contributed by atoms with Gasteiger partial charge in [-0.2, -0.15) is 0 Å². The number of carbonyl (C=O) groups excluding carboxylic acids is 2. The Balaban J connectivity index is 3.12. The highest BCUT2D eigenvalue weighted by molar-refractivity contribution is 5.99. The quantitative estimate of drug-likeness (QED) is 0.505. The summed E-state index contributed by atoms with van der Waals surface area (Å²) in [5.41, 5.74) is 9.25. The summed E-state index contributed by atoms with van der Waals surface area (Å²) >= 11 is 0. The monoisotopic (exact) mass is 198 g/mol. The van der Waals surface area contributed by atoms with Crippen LogP contribution >= 0.6 is 0 Å². The lowest BCUT2D eigenvalue weighted by atomic mass is 9.79. The van der Waals surface area contributed by atoms with Crippen LogP contribution in [-0.4, -0.2) is 29.7 Å². The molecule has 0 saturated carbocycles. The van der Waals surface area contributed by atoms with Gasteiger partial charge in [-0.15, -0.1) is 0 Å². The van der Waals surface area contributed by atoms with Crippen molar-refractivity contribution in [3.05, 3.63) is 0 Å². The van der Waals surface area contributed by atoms with Crippen molar-refractivity contribution >= 4 is 18.2 Å². The van der Waals surface area contributed by atoms with Crippen LogP contribution in [0.4, 0.5) is 0 Å². The molecule has 2 unspecified atom stereocenters. The Morgan fingerprint density at radius 1 is 1.50 bits per heavy atom. The number of primary amides is 2. The molecule has 6 nitrogen and oxygen atoms in total. The van der Waals surface area contributed by atoms with Crippen LogP contribution in [0.5, 0.6) is 0 Å². The molecule has 0 aliphatic carbocycles. The SMILES string of the molecule is CC(C)C1(C(N)=O)NC=NC1C(N)=O. The van der Waals surface area contributed by atoms with Crippen LogP contribution in [0.15, 0.2) is 4.99 Å². The number of hydrogen-bond acceptors (Lipinski definition) is 4. The summed E-state index contributed by atoms with van der Waals surface area (Å²) in [5, 5.41) is 2.73. The largest absolute Gasteiger partial charge is 0.368 e. The van der Waals surface area contributed by atoms with Crippen LogP contribution < -0.4 is 16.8 Å². The van der Waals surface area contributed by atoms with E-state index in [-0.39, 0.29) is 5.92 Å². The standard InChI is InChI=1S/C8H14N4O2/c1-4(2)8(7(10)14)5(6(9)13)11-3-12-8/h3-5H,1-2H3,(H2,9,13)(H2,10,14)(H,11,12). The van der Waals surface area contributed by atoms with Crippen molar-refractivity contribution in [2.24, 2.45) is 22.4 Å². The lowest BCUT2D eigenvalue weighted by molar-refractivity contribution is -0.131. The Labute approximate surface area is 81.7 Å². The lowest BCUT2D eigenvalue weighted by Crippen LogP contribution is -2.65. The number of carbonyl (C=O) groups is 2. The van der Waals surface area contributed by atoms with Crippen molar-refractivity contribution in [2.75, 3.05) is 0 Å². The summed E-state index contributed by atoms with van der Waals surface area (Å²) in [6, 6.07) is -0.917. The fourth-order valence-electron chi connectivity index (χ4n) is 1.69. The molecule has 1 rings (SSSR count). The van der Waals surface area contributed by atoms with Gasteiger partial charge < -0.3 is 16.8 Å². The van der Waals surface area contributed by atoms with E-state index in [1.807, 2.05) is 0 Å². The van der Waals surface area contributed by atoms with Gasteiger partial charge in [-0.25, -0.2) is 0 Å². The molecular formula is C8H14N4O2. The first-order chi connectivity index (χ1) is 6.43. The van der Waals surface area contributed by atoms with Gasteiger partial charge in [-0.1, -0.05) is 13.8 Å². The molecule has 6 heteroatoms. The van der Waals surface area contributed by atoms with Crippen molar-refractivity contribution in [3.63, 3.8) is 0 Å². The maximum Gasteiger partial charge on any atom is 0.246 e. The number of hydrogen-bond donors (Lipinski definition) is 3. The van der Waals surface area contributed by atoms with Gasteiger partial charge in [0, 0.05) is 0 Å². The maximum atomic E-state index is 11.4. The number of rotatable bonds is 3. The molecule has 0 spiro atoms. The molecule has 0 aromatic heterocycles. The average Bonchev–Trinajstić information content (AvgIpc) is 2.47. The van der Waals surface area contributed by atoms with Crippen LogP contribution in [0.1, 0.15) is 13.8 Å². The molecule has 0 saturated heterocycles. The zero-order chi connectivity index (χ0) is 10.9. The van der Waals surface area contributed by atoms with Crippen LogP contribution in [0.25, 0.3) is 0 Å². The minimum absolute atomic E-state index is 0.167. The predicted molar refractivity (Wildman–Crippen MR) is 51.4 cm³/mol. The van der Waals surface area contributed by atoms with Crippen molar-refractivity contribution in [2.45, 2.75) is 25.4 Å². The molecule has 0 bridgehead atoms. The molecule has 2 atom stereocenters. The van der Waals surface area contributed by atoms with Crippen LogP contribution in [0, 0.1) is 5.92 Å².